The van der Waals surface area contributed by atoms with Crippen molar-refractivity contribution in [1.82, 2.24) is 4.90 Å². The van der Waals surface area contributed by atoms with Gasteiger partial charge in [0, 0.05) is 6.54 Å². The number of carbonyl (C=O) groups excluding carboxylic acids is 1. The Labute approximate surface area is 138 Å². The van der Waals surface area contributed by atoms with Crippen LogP contribution in [0.3, 0.4) is 0 Å². The van der Waals surface area contributed by atoms with Crippen molar-refractivity contribution in [3.8, 4) is 0 Å². The molecule has 0 bridgehead atoms. The number of aliphatic hydroxyl groups is 2. The standard InChI is InChI=1S/C18H27NO4/c1-6-15(21)16(13(2)20)19(17(22)23-18(3,4)5)12-14-10-8-7-9-11-14/h6-11,13,15-16,20-21H,1,12H2,2-5H3. The highest BCUT2D eigenvalue weighted by Gasteiger charge is 2.34. The summed E-state index contributed by atoms with van der Waals surface area (Å²) >= 11 is 0. The van der Waals surface area contributed by atoms with E-state index in [1.54, 1.807) is 20.8 Å². The molecule has 1 aromatic carbocycles. The Hall–Kier alpha value is -1.85. The van der Waals surface area contributed by atoms with Crippen LogP contribution in [0.15, 0.2) is 43.0 Å². The van der Waals surface area contributed by atoms with Gasteiger partial charge in [-0.1, -0.05) is 36.4 Å². The van der Waals surface area contributed by atoms with E-state index in [1.165, 1.54) is 17.9 Å². The number of nitrogens with zero attached hydrogens (tertiary/aromatic N) is 1. The number of ether oxygens (including phenoxy) is 1. The summed E-state index contributed by atoms with van der Waals surface area (Å²) in [7, 11) is 0. The van der Waals surface area contributed by atoms with E-state index in [2.05, 4.69) is 6.58 Å². The van der Waals surface area contributed by atoms with Gasteiger partial charge >= 0.3 is 6.09 Å². The van der Waals surface area contributed by atoms with Crippen LogP contribution in [-0.2, 0) is 11.3 Å². The molecule has 0 saturated carbocycles. The predicted molar refractivity (Wildman–Crippen MR) is 89.9 cm³/mol. The third-order valence-corrected chi connectivity index (χ3v) is 3.27. The molecule has 5 nitrogen and oxygen atoms in total. The molecule has 0 aromatic heterocycles. The van der Waals surface area contributed by atoms with Crippen LogP contribution in [0.5, 0.6) is 0 Å². The zero-order valence-electron chi connectivity index (χ0n) is 14.3. The molecule has 1 aromatic rings. The van der Waals surface area contributed by atoms with Crippen molar-refractivity contribution in [3.63, 3.8) is 0 Å². The highest BCUT2D eigenvalue weighted by molar-refractivity contribution is 5.69. The molecule has 3 unspecified atom stereocenters. The second kappa shape index (κ2) is 8.13. The van der Waals surface area contributed by atoms with Gasteiger partial charge in [0.2, 0.25) is 0 Å². The Morgan fingerprint density at radius 3 is 2.30 bits per heavy atom. The third-order valence-electron chi connectivity index (χ3n) is 3.27. The first kappa shape index (κ1) is 19.2. The molecule has 0 heterocycles. The number of aliphatic hydroxyl groups excluding tert-OH is 2. The van der Waals surface area contributed by atoms with Gasteiger partial charge in [0.05, 0.1) is 18.2 Å². The molecular formula is C18H27NO4. The number of hydrogen-bond donors (Lipinski definition) is 2. The third kappa shape index (κ3) is 6.04. The molecule has 23 heavy (non-hydrogen) atoms. The van der Waals surface area contributed by atoms with Gasteiger partial charge in [0.25, 0.3) is 0 Å². The van der Waals surface area contributed by atoms with E-state index in [1.807, 2.05) is 30.3 Å². The second-order valence-electron chi connectivity index (χ2n) is 6.55. The normalized spacial score (nSPS) is 15.4. The molecule has 0 aliphatic rings. The molecule has 0 spiro atoms. The molecule has 1 amide bonds. The number of carbonyl (C=O) groups is 1. The van der Waals surface area contributed by atoms with E-state index in [0.717, 1.165) is 5.56 Å². The molecule has 5 heteroatoms. The predicted octanol–water partition coefficient (Wildman–Crippen LogP) is 2.72. The number of benzene rings is 1. The summed E-state index contributed by atoms with van der Waals surface area (Å²) in [5.74, 6) is 0. The highest BCUT2D eigenvalue weighted by atomic mass is 16.6. The summed E-state index contributed by atoms with van der Waals surface area (Å²) in [6.07, 6.45) is -1.29. The fraction of sp³-hybridized carbons (Fsp3) is 0.500. The van der Waals surface area contributed by atoms with Gasteiger partial charge in [-0.15, -0.1) is 6.58 Å². The largest absolute Gasteiger partial charge is 0.444 e. The van der Waals surface area contributed by atoms with E-state index >= 15 is 0 Å². The lowest BCUT2D eigenvalue weighted by molar-refractivity contribution is -0.0317. The van der Waals surface area contributed by atoms with Gasteiger partial charge in [-0.2, -0.15) is 0 Å². The number of rotatable bonds is 6. The van der Waals surface area contributed by atoms with Crippen molar-refractivity contribution in [2.24, 2.45) is 0 Å². The summed E-state index contributed by atoms with van der Waals surface area (Å²) < 4.78 is 5.43. The molecule has 0 saturated heterocycles. The summed E-state index contributed by atoms with van der Waals surface area (Å²) in [5.41, 5.74) is 0.203. The van der Waals surface area contributed by atoms with Crippen molar-refractivity contribution in [2.75, 3.05) is 0 Å². The molecule has 3 atom stereocenters. The van der Waals surface area contributed by atoms with Gasteiger partial charge in [-0.25, -0.2) is 4.79 Å². The summed E-state index contributed by atoms with van der Waals surface area (Å²) in [6, 6.07) is 8.51. The van der Waals surface area contributed by atoms with Gasteiger partial charge in [0.15, 0.2) is 0 Å². The fourth-order valence-electron chi connectivity index (χ4n) is 2.26. The maximum absolute atomic E-state index is 12.6. The van der Waals surface area contributed by atoms with Crippen molar-refractivity contribution >= 4 is 6.09 Å². The summed E-state index contributed by atoms with van der Waals surface area (Å²) in [5, 5.41) is 20.2. The highest BCUT2D eigenvalue weighted by Crippen LogP contribution is 2.19. The van der Waals surface area contributed by atoms with Crippen molar-refractivity contribution in [1.29, 1.82) is 0 Å². The van der Waals surface area contributed by atoms with Gasteiger partial charge in [-0.3, -0.25) is 4.90 Å². The van der Waals surface area contributed by atoms with Crippen molar-refractivity contribution in [2.45, 2.75) is 58.1 Å². The van der Waals surface area contributed by atoms with Crippen LogP contribution in [0, 0.1) is 0 Å². The van der Waals surface area contributed by atoms with Gasteiger partial charge in [0.1, 0.15) is 5.60 Å². The maximum Gasteiger partial charge on any atom is 0.411 e. The van der Waals surface area contributed by atoms with E-state index < -0.39 is 29.9 Å². The minimum Gasteiger partial charge on any atom is -0.444 e. The smallest absolute Gasteiger partial charge is 0.411 e. The summed E-state index contributed by atoms with van der Waals surface area (Å²) in [6.45, 7) is 10.6. The Balaban J connectivity index is 3.12. The molecule has 0 aliphatic carbocycles. The van der Waals surface area contributed by atoms with Crippen LogP contribution in [-0.4, -0.2) is 45.1 Å². The van der Waals surface area contributed by atoms with Crippen molar-refractivity contribution < 1.29 is 19.7 Å². The van der Waals surface area contributed by atoms with Crippen LogP contribution in [0.1, 0.15) is 33.3 Å². The summed E-state index contributed by atoms with van der Waals surface area (Å²) in [4.78, 5) is 13.9. The van der Waals surface area contributed by atoms with Crippen LogP contribution < -0.4 is 0 Å². The molecular weight excluding hydrogens is 294 g/mol. The maximum atomic E-state index is 12.6. The number of amides is 1. The quantitative estimate of drug-likeness (QED) is 0.790. The molecule has 1 rings (SSSR count). The van der Waals surface area contributed by atoms with E-state index in [9.17, 15) is 15.0 Å². The molecule has 0 fully saturated rings. The Bertz CT molecular complexity index is 508. The monoisotopic (exact) mass is 321 g/mol. The van der Waals surface area contributed by atoms with Crippen LogP contribution in [0.4, 0.5) is 4.79 Å². The molecule has 128 valence electrons. The zero-order chi connectivity index (χ0) is 17.6. The minimum absolute atomic E-state index is 0.218. The molecule has 0 radical (unpaired) electrons. The first-order valence-corrected chi connectivity index (χ1v) is 7.68. The van der Waals surface area contributed by atoms with E-state index in [4.69, 9.17) is 4.74 Å². The Morgan fingerprint density at radius 2 is 1.87 bits per heavy atom. The lowest BCUT2D eigenvalue weighted by atomic mass is 10.0. The lowest BCUT2D eigenvalue weighted by Gasteiger charge is -2.36. The first-order chi connectivity index (χ1) is 10.7. The average molecular weight is 321 g/mol. The van der Waals surface area contributed by atoms with Crippen LogP contribution in [0.2, 0.25) is 0 Å². The minimum atomic E-state index is -1.06. The van der Waals surface area contributed by atoms with E-state index in [0.29, 0.717) is 0 Å². The Kier molecular flexibility index (Phi) is 6.79. The lowest BCUT2D eigenvalue weighted by Crippen LogP contribution is -2.52. The second-order valence-corrected chi connectivity index (χ2v) is 6.55. The first-order valence-electron chi connectivity index (χ1n) is 7.68. The Morgan fingerprint density at radius 1 is 1.30 bits per heavy atom. The van der Waals surface area contributed by atoms with E-state index in [-0.39, 0.29) is 6.54 Å². The average Bonchev–Trinajstić information content (AvgIpc) is 2.45. The molecule has 0 aliphatic heterocycles. The van der Waals surface area contributed by atoms with Crippen molar-refractivity contribution in [3.05, 3.63) is 48.6 Å². The van der Waals surface area contributed by atoms with Crippen LogP contribution in [0.25, 0.3) is 0 Å². The van der Waals surface area contributed by atoms with Gasteiger partial charge in [-0.05, 0) is 33.3 Å². The number of hydrogen-bond acceptors (Lipinski definition) is 4. The van der Waals surface area contributed by atoms with Gasteiger partial charge < -0.3 is 14.9 Å². The van der Waals surface area contributed by atoms with Crippen LogP contribution >= 0.6 is 0 Å². The topological polar surface area (TPSA) is 70.0 Å². The molecule has 2 N–H and O–H groups in total. The SMILES string of the molecule is C=CC(O)C(C(C)O)N(Cc1ccccc1)C(=O)OC(C)(C)C. The fourth-order valence-corrected chi connectivity index (χ4v) is 2.26. The zero-order valence-corrected chi connectivity index (χ0v) is 14.3.